The number of anilines is 2. The summed E-state index contributed by atoms with van der Waals surface area (Å²) in [4.78, 5) is 3.95. The summed E-state index contributed by atoms with van der Waals surface area (Å²) in [7, 11) is -2.09. The molecule has 0 radical (unpaired) electrons. The Balaban J connectivity index is 2.30. The van der Waals surface area contributed by atoms with Crippen molar-refractivity contribution in [2.75, 3.05) is 17.1 Å². The van der Waals surface area contributed by atoms with Gasteiger partial charge in [-0.25, -0.2) is 17.8 Å². The van der Waals surface area contributed by atoms with Crippen LogP contribution in [0.25, 0.3) is 0 Å². The lowest BCUT2D eigenvalue weighted by atomic mass is 10.2. The number of pyridine rings is 1. The number of aromatic nitrogens is 1. The highest BCUT2D eigenvalue weighted by atomic mass is 32.2. The fourth-order valence-electron chi connectivity index (χ4n) is 1.70. The molecular formula is C13H14FN3O2S. The first-order chi connectivity index (χ1) is 9.40. The minimum absolute atomic E-state index is 0.0124. The normalized spacial score (nSPS) is 11.2. The minimum atomic E-state index is -3.78. The maximum absolute atomic E-state index is 13.2. The van der Waals surface area contributed by atoms with Gasteiger partial charge in [-0.05, 0) is 42.8 Å². The number of nitrogens with one attached hydrogen (secondary N) is 2. The summed E-state index contributed by atoms with van der Waals surface area (Å²) in [5, 5.41) is 2.79. The highest BCUT2D eigenvalue weighted by Crippen LogP contribution is 2.18. The summed E-state index contributed by atoms with van der Waals surface area (Å²) in [5.41, 5.74) is 0.812. The molecule has 1 aromatic carbocycles. The highest BCUT2D eigenvalue weighted by Gasteiger charge is 2.15. The lowest BCUT2D eigenvalue weighted by Crippen LogP contribution is -2.13. The molecule has 0 aliphatic carbocycles. The van der Waals surface area contributed by atoms with Crippen molar-refractivity contribution in [3.8, 4) is 0 Å². The third-order valence-electron chi connectivity index (χ3n) is 2.60. The van der Waals surface area contributed by atoms with Crippen LogP contribution in [0.15, 0.2) is 41.4 Å². The maximum atomic E-state index is 13.2. The molecular weight excluding hydrogens is 281 g/mol. The fraction of sp³-hybridized carbons (Fsp3) is 0.154. The predicted molar refractivity (Wildman–Crippen MR) is 75.7 cm³/mol. The summed E-state index contributed by atoms with van der Waals surface area (Å²) in [6.07, 6.45) is 1.24. The van der Waals surface area contributed by atoms with Crippen LogP contribution in [0.1, 0.15) is 5.56 Å². The Morgan fingerprint density at radius 1 is 1.20 bits per heavy atom. The number of rotatable bonds is 4. The molecule has 0 amide bonds. The van der Waals surface area contributed by atoms with Crippen LogP contribution in [-0.4, -0.2) is 20.4 Å². The predicted octanol–water partition coefficient (Wildman–Crippen LogP) is 2.37. The van der Waals surface area contributed by atoms with E-state index in [4.69, 9.17) is 0 Å². The monoisotopic (exact) mass is 295 g/mol. The Kier molecular flexibility index (Phi) is 3.89. The second-order valence-corrected chi connectivity index (χ2v) is 5.93. The van der Waals surface area contributed by atoms with Crippen molar-refractivity contribution in [3.63, 3.8) is 0 Å². The van der Waals surface area contributed by atoms with E-state index in [-0.39, 0.29) is 10.6 Å². The molecule has 0 atom stereocenters. The van der Waals surface area contributed by atoms with Gasteiger partial charge in [0.25, 0.3) is 10.0 Å². The molecule has 0 unspecified atom stereocenters. The molecule has 1 aromatic heterocycles. The third-order valence-corrected chi connectivity index (χ3v) is 3.96. The first kappa shape index (κ1) is 14.3. The lowest BCUT2D eigenvalue weighted by Gasteiger charge is -2.09. The molecule has 20 heavy (non-hydrogen) atoms. The Morgan fingerprint density at radius 3 is 2.50 bits per heavy atom. The Bertz CT molecular complexity index is 695. The van der Waals surface area contributed by atoms with Crippen molar-refractivity contribution < 1.29 is 12.8 Å². The van der Waals surface area contributed by atoms with Crippen molar-refractivity contribution in [3.05, 3.63) is 47.9 Å². The molecule has 0 fully saturated rings. The van der Waals surface area contributed by atoms with E-state index >= 15 is 0 Å². The van der Waals surface area contributed by atoms with Crippen molar-refractivity contribution in [2.24, 2.45) is 0 Å². The van der Waals surface area contributed by atoms with Crippen molar-refractivity contribution in [1.82, 2.24) is 4.98 Å². The molecule has 1 heterocycles. The quantitative estimate of drug-likeness (QED) is 0.908. The van der Waals surface area contributed by atoms with Gasteiger partial charge in [-0.15, -0.1) is 0 Å². The first-order valence-electron chi connectivity index (χ1n) is 5.84. The van der Waals surface area contributed by atoms with E-state index in [0.717, 1.165) is 6.07 Å². The van der Waals surface area contributed by atoms with E-state index in [1.807, 2.05) is 0 Å². The average molecular weight is 295 g/mol. The number of hydrogen-bond donors (Lipinski definition) is 2. The average Bonchev–Trinajstić information content (AvgIpc) is 2.37. The third kappa shape index (κ3) is 3.24. The van der Waals surface area contributed by atoms with Gasteiger partial charge >= 0.3 is 0 Å². The van der Waals surface area contributed by atoms with Crippen LogP contribution in [-0.2, 0) is 10.0 Å². The molecule has 2 N–H and O–H groups in total. The minimum Gasteiger partial charge on any atom is -0.373 e. The number of benzene rings is 1. The summed E-state index contributed by atoms with van der Waals surface area (Å²) < 4.78 is 39.8. The largest absolute Gasteiger partial charge is 0.373 e. The van der Waals surface area contributed by atoms with E-state index in [1.165, 1.54) is 18.3 Å². The lowest BCUT2D eigenvalue weighted by molar-refractivity contribution is 0.600. The molecule has 7 heteroatoms. The van der Waals surface area contributed by atoms with E-state index < -0.39 is 15.8 Å². The van der Waals surface area contributed by atoms with Crippen LogP contribution < -0.4 is 10.0 Å². The summed E-state index contributed by atoms with van der Waals surface area (Å²) in [5.74, 6) is 0.0666. The van der Waals surface area contributed by atoms with Crippen LogP contribution in [0.4, 0.5) is 15.9 Å². The van der Waals surface area contributed by atoms with E-state index in [9.17, 15) is 12.8 Å². The fourth-order valence-corrected chi connectivity index (χ4v) is 2.68. The Morgan fingerprint density at radius 2 is 1.95 bits per heavy atom. The van der Waals surface area contributed by atoms with Crippen molar-refractivity contribution in [1.29, 1.82) is 0 Å². The summed E-state index contributed by atoms with van der Waals surface area (Å²) in [6, 6.07) is 6.97. The molecule has 0 aliphatic rings. The highest BCUT2D eigenvalue weighted by molar-refractivity contribution is 7.92. The molecule has 0 spiro atoms. The number of hydrogen-bond acceptors (Lipinski definition) is 4. The molecule has 106 valence electrons. The standard InChI is InChI=1S/C13H14FN3O2S/c1-9-5-10(14)7-11(6-9)17-20(18,19)12-3-4-13(15-2)16-8-12/h3-8,17H,1-2H3,(H,15,16). The zero-order valence-electron chi connectivity index (χ0n) is 11.0. The molecule has 0 bridgehead atoms. The number of aryl methyl sites for hydroxylation is 1. The van der Waals surface area contributed by atoms with Gasteiger partial charge in [0.1, 0.15) is 16.5 Å². The first-order valence-corrected chi connectivity index (χ1v) is 7.33. The van der Waals surface area contributed by atoms with E-state index in [0.29, 0.717) is 11.4 Å². The zero-order chi connectivity index (χ0) is 14.8. The van der Waals surface area contributed by atoms with E-state index in [2.05, 4.69) is 15.0 Å². The van der Waals surface area contributed by atoms with Gasteiger partial charge in [0.15, 0.2) is 0 Å². The van der Waals surface area contributed by atoms with Gasteiger partial charge < -0.3 is 5.32 Å². The number of sulfonamides is 1. The van der Waals surface area contributed by atoms with Gasteiger partial charge in [0.05, 0.1) is 5.69 Å². The van der Waals surface area contributed by atoms with Crippen LogP contribution in [0.3, 0.4) is 0 Å². The van der Waals surface area contributed by atoms with Crippen LogP contribution in [0.2, 0.25) is 0 Å². The van der Waals surface area contributed by atoms with Gasteiger partial charge in [0.2, 0.25) is 0 Å². The van der Waals surface area contributed by atoms with Gasteiger partial charge in [-0.3, -0.25) is 4.72 Å². The van der Waals surface area contributed by atoms with Crippen LogP contribution >= 0.6 is 0 Å². The SMILES string of the molecule is CNc1ccc(S(=O)(=O)Nc2cc(C)cc(F)c2)cn1. The Hall–Kier alpha value is -2.15. The van der Waals surface area contributed by atoms with Gasteiger partial charge in [0, 0.05) is 13.2 Å². The topological polar surface area (TPSA) is 71.1 Å². The van der Waals surface area contributed by atoms with Crippen LogP contribution in [0, 0.1) is 12.7 Å². The van der Waals surface area contributed by atoms with Crippen molar-refractivity contribution >= 4 is 21.5 Å². The number of nitrogens with zero attached hydrogens (tertiary/aromatic N) is 1. The molecule has 0 aliphatic heterocycles. The second-order valence-electron chi connectivity index (χ2n) is 4.25. The molecule has 0 saturated carbocycles. The maximum Gasteiger partial charge on any atom is 0.263 e. The van der Waals surface area contributed by atoms with Gasteiger partial charge in [-0.1, -0.05) is 0 Å². The molecule has 5 nitrogen and oxygen atoms in total. The van der Waals surface area contributed by atoms with E-state index in [1.54, 1.807) is 26.1 Å². The Labute approximate surface area is 116 Å². The zero-order valence-corrected chi connectivity index (χ0v) is 11.8. The molecule has 2 rings (SSSR count). The smallest absolute Gasteiger partial charge is 0.263 e. The van der Waals surface area contributed by atoms with Gasteiger partial charge in [-0.2, -0.15) is 0 Å². The summed E-state index contributed by atoms with van der Waals surface area (Å²) >= 11 is 0. The summed E-state index contributed by atoms with van der Waals surface area (Å²) in [6.45, 7) is 1.68. The second kappa shape index (κ2) is 5.46. The van der Waals surface area contributed by atoms with Crippen LogP contribution in [0.5, 0.6) is 0 Å². The van der Waals surface area contributed by atoms with Crippen molar-refractivity contribution in [2.45, 2.75) is 11.8 Å². The molecule has 2 aromatic rings. The number of halogens is 1. The molecule has 0 saturated heterocycles.